The van der Waals surface area contributed by atoms with E-state index in [2.05, 4.69) is 10.0 Å². The number of sulfonamides is 1. The number of nitrogens with one attached hydrogen (secondary N) is 2. The number of carbonyl (C=O) groups excluding carboxylic acids is 1. The Kier molecular flexibility index (Phi) is 4.49. The Morgan fingerprint density at radius 3 is 2.38 bits per heavy atom. The molecule has 0 aromatic heterocycles. The van der Waals surface area contributed by atoms with Gasteiger partial charge in [0.2, 0.25) is 10.0 Å². The summed E-state index contributed by atoms with van der Waals surface area (Å²) in [5.41, 5.74) is -0.765. The molecule has 21 heavy (non-hydrogen) atoms. The first-order valence-electron chi connectivity index (χ1n) is 7.80. The van der Waals surface area contributed by atoms with E-state index < -0.39 is 26.2 Å². The van der Waals surface area contributed by atoms with Crippen molar-refractivity contribution in [3.63, 3.8) is 0 Å². The summed E-state index contributed by atoms with van der Waals surface area (Å²) < 4.78 is 26.1. The third-order valence-electron chi connectivity index (χ3n) is 4.81. The van der Waals surface area contributed by atoms with Crippen LogP contribution in [0.4, 0.5) is 0 Å². The zero-order valence-electron chi connectivity index (χ0n) is 13.1. The van der Waals surface area contributed by atoms with Crippen LogP contribution in [0.3, 0.4) is 0 Å². The Balaban J connectivity index is 2.15. The van der Waals surface area contributed by atoms with Crippen molar-refractivity contribution in [2.45, 2.75) is 63.2 Å². The molecule has 0 radical (unpaired) electrons. The highest BCUT2D eigenvalue weighted by molar-refractivity contribution is 7.91. The quantitative estimate of drug-likeness (QED) is 0.702. The summed E-state index contributed by atoms with van der Waals surface area (Å²) >= 11 is 0. The van der Waals surface area contributed by atoms with E-state index in [1.54, 1.807) is 6.92 Å². The Morgan fingerprint density at radius 1 is 1.29 bits per heavy atom. The van der Waals surface area contributed by atoms with Gasteiger partial charge in [-0.15, -0.1) is 0 Å². The average molecular weight is 314 g/mol. The van der Waals surface area contributed by atoms with Crippen LogP contribution < -0.4 is 10.0 Å². The summed E-state index contributed by atoms with van der Waals surface area (Å²) in [6, 6.07) is 0. The molecule has 2 N–H and O–H groups in total. The van der Waals surface area contributed by atoms with Gasteiger partial charge in [-0.05, 0) is 45.6 Å². The van der Waals surface area contributed by atoms with Crippen molar-refractivity contribution >= 4 is 15.9 Å². The van der Waals surface area contributed by atoms with Gasteiger partial charge in [0, 0.05) is 5.92 Å². The zero-order valence-corrected chi connectivity index (χ0v) is 13.9. The molecule has 2 saturated carbocycles. The van der Waals surface area contributed by atoms with Gasteiger partial charge in [-0.2, -0.15) is 0 Å². The maximum atomic E-state index is 12.6. The van der Waals surface area contributed by atoms with Gasteiger partial charge in [0.25, 0.3) is 5.91 Å². The summed E-state index contributed by atoms with van der Waals surface area (Å²) in [5.74, 6) is -0.325. The lowest BCUT2D eigenvalue weighted by Crippen LogP contribution is -2.67. The van der Waals surface area contributed by atoms with Crippen molar-refractivity contribution in [2.24, 2.45) is 5.92 Å². The fourth-order valence-corrected chi connectivity index (χ4v) is 4.15. The molecular formula is C15H26N2O3S. The molecule has 0 saturated heterocycles. The summed E-state index contributed by atoms with van der Waals surface area (Å²) in [5, 5.41) is 3.22. The lowest BCUT2D eigenvalue weighted by atomic mass is 9.65. The van der Waals surface area contributed by atoms with Crippen molar-refractivity contribution in [3.05, 3.63) is 12.2 Å². The third kappa shape index (κ3) is 2.88. The van der Waals surface area contributed by atoms with E-state index in [1.807, 2.05) is 26.0 Å². The number of carbonyl (C=O) groups is 1. The monoisotopic (exact) mass is 314 g/mol. The van der Waals surface area contributed by atoms with Crippen LogP contribution in [-0.2, 0) is 14.8 Å². The standard InChI is InChI=1S/C15H26N2O3S/c1-4-6-7-12-8-9-15(12,16-5-2)13(18)17-21(19,20)14(3)10-11-14/h6-7,12,16H,4-5,8-11H2,1-3H3,(H,17,18). The van der Waals surface area contributed by atoms with E-state index in [1.165, 1.54) is 0 Å². The van der Waals surface area contributed by atoms with Gasteiger partial charge in [-0.25, -0.2) is 8.42 Å². The van der Waals surface area contributed by atoms with Crippen molar-refractivity contribution in [3.8, 4) is 0 Å². The number of hydrogen-bond acceptors (Lipinski definition) is 4. The van der Waals surface area contributed by atoms with Crippen LogP contribution in [-0.4, -0.2) is 31.2 Å². The zero-order chi connectivity index (χ0) is 15.7. The first-order chi connectivity index (χ1) is 9.81. The van der Waals surface area contributed by atoms with E-state index >= 15 is 0 Å². The SMILES string of the molecule is CCC=CC1CCC1(NCC)C(=O)NS(=O)(=O)C1(C)CC1. The van der Waals surface area contributed by atoms with Gasteiger partial charge in [0.05, 0.1) is 4.75 Å². The smallest absolute Gasteiger partial charge is 0.254 e. The first-order valence-corrected chi connectivity index (χ1v) is 9.28. The van der Waals surface area contributed by atoms with Crippen molar-refractivity contribution in [2.75, 3.05) is 6.54 Å². The van der Waals surface area contributed by atoms with Crippen LogP contribution in [0.1, 0.15) is 52.9 Å². The molecular weight excluding hydrogens is 288 g/mol. The Hall–Kier alpha value is -0.880. The molecule has 2 unspecified atom stereocenters. The third-order valence-corrected chi connectivity index (χ3v) is 6.97. The number of allylic oxidation sites excluding steroid dienone is 1. The highest BCUT2D eigenvalue weighted by atomic mass is 32.2. The molecule has 2 atom stereocenters. The van der Waals surface area contributed by atoms with Gasteiger partial charge < -0.3 is 5.32 Å². The highest BCUT2D eigenvalue weighted by Gasteiger charge is 2.56. The minimum Gasteiger partial charge on any atom is -0.303 e. The summed E-state index contributed by atoms with van der Waals surface area (Å²) in [6.45, 7) is 6.31. The summed E-state index contributed by atoms with van der Waals surface area (Å²) in [7, 11) is -3.57. The molecule has 6 heteroatoms. The second-order valence-corrected chi connectivity index (χ2v) is 8.56. The van der Waals surface area contributed by atoms with Crippen molar-refractivity contribution in [1.82, 2.24) is 10.0 Å². The lowest BCUT2D eigenvalue weighted by molar-refractivity contribution is -0.131. The normalized spacial score (nSPS) is 30.9. The highest BCUT2D eigenvalue weighted by Crippen LogP contribution is 2.44. The second kappa shape index (κ2) is 5.72. The molecule has 2 aliphatic rings. The molecule has 0 heterocycles. The molecule has 0 bridgehead atoms. The Labute approximate surface area is 127 Å². The fraction of sp³-hybridized carbons (Fsp3) is 0.800. The molecule has 2 fully saturated rings. The molecule has 120 valence electrons. The van der Waals surface area contributed by atoms with Crippen molar-refractivity contribution < 1.29 is 13.2 Å². The number of amides is 1. The van der Waals surface area contributed by atoms with Gasteiger partial charge in [0.15, 0.2) is 0 Å². The summed E-state index contributed by atoms with van der Waals surface area (Å²) in [6.07, 6.45) is 7.84. The second-order valence-electron chi connectivity index (χ2n) is 6.37. The molecule has 0 aromatic carbocycles. The van der Waals surface area contributed by atoms with Gasteiger partial charge in [-0.1, -0.05) is 26.0 Å². The first kappa shape index (κ1) is 16.5. The molecule has 0 aromatic rings. The fourth-order valence-electron chi connectivity index (χ4n) is 2.84. The van der Waals surface area contributed by atoms with Crippen LogP contribution in [0, 0.1) is 5.92 Å². The van der Waals surface area contributed by atoms with Gasteiger partial charge in [-0.3, -0.25) is 9.52 Å². The number of likely N-dealkylation sites (N-methyl/N-ethyl adjacent to an activating group) is 1. The van der Waals surface area contributed by atoms with Crippen LogP contribution in [0.15, 0.2) is 12.2 Å². The van der Waals surface area contributed by atoms with Crippen LogP contribution in [0.2, 0.25) is 0 Å². The molecule has 5 nitrogen and oxygen atoms in total. The largest absolute Gasteiger partial charge is 0.303 e. The topological polar surface area (TPSA) is 75.3 Å². The van der Waals surface area contributed by atoms with Gasteiger partial charge in [0.1, 0.15) is 5.54 Å². The van der Waals surface area contributed by atoms with E-state index in [9.17, 15) is 13.2 Å². The van der Waals surface area contributed by atoms with Crippen molar-refractivity contribution in [1.29, 1.82) is 0 Å². The summed E-state index contributed by atoms with van der Waals surface area (Å²) in [4.78, 5) is 12.6. The predicted octanol–water partition coefficient (Wildman–Crippen LogP) is 1.71. The molecule has 2 aliphatic carbocycles. The minimum absolute atomic E-state index is 0.0691. The lowest BCUT2D eigenvalue weighted by Gasteiger charge is -2.47. The van der Waals surface area contributed by atoms with E-state index in [-0.39, 0.29) is 5.92 Å². The van der Waals surface area contributed by atoms with E-state index in [4.69, 9.17) is 0 Å². The maximum Gasteiger partial charge on any atom is 0.254 e. The average Bonchev–Trinajstić information content (AvgIpc) is 3.14. The van der Waals surface area contributed by atoms with Gasteiger partial charge >= 0.3 is 0 Å². The molecule has 2 rings (SSSR count). The molecule has 0 spiro atoms. The Morgan fingerprint density at radius 2 is 1.95 bits per heavy atom. The van der Waals surface area contributed by atoms with Crippen LogP contribution >= 0.6 is 0 Å². The minimum atomic E-state index is -3.57. The Bertz CT molecular complexity index is 537. The number of rotatable bonds is 7. The predicted molar refractivity (Wildman–Crippen MR) is 83.3 cm³/mol. The number of hydrogen-bond donors (Lipinski definition) is 2. The van der Waals surface area contributed by atoms with E-state index in [0.717, 1.165) is 12.8 Å². The van der Waals surface area contributed by atoms with E-state index in [0.29, 0.717) is 25.8 Å². The van der Waals surface area contributed by atoms with Crippen LogP contribution in [0.25, 0.3) is 0 Å². The molecule has 0 aliphatic heterocycles. The maximum absolute atomic E-state index is 12.6. The molecule has 1 amide bonds. The van der Waals surface area contributed by atoms with Crippen LogP contribution in [0.5, 0.6) is 0 Å².